The second kappa shape index (κ2) is 3.08. The van der Waals surface area contributed by atoms with Crippen LogP contribution in [-0.2, 0) is 0 Å². The van der Waals surface area contributed by atoms with E-state index in [1.165, 1.54) is 12.8 Å². The van der Waals surface area contributed by atoms with Crippen LogP contribution in [0.4, 0.5) is 0 Å². The molecule has 0 heterocycles. The van der Waals surface area contributed by atoms with E-state index in [9.17, 15) is 0 Å². The molecule has 0 radical (unpaired) electrons. The van der Waals surface area contributed by atoms with E-state index >= 15 is 0 Å². The molecule has 0 amide bonds. The van der Waals surface area contributed by atoms with E-state index in [0.29, 0.717) is 11.8 Å². The normalized spacial score (nSPS) is 32.9. The Kier molecular flexibility index (Phi) is 2.36. The Balaban J connectivity index is 2.06. The van der Waals surface area contributed by atoms with Gasteiger partial charge in [0, 0.05) is 12.3 Å². The first-order valence-corrected chi connectivity index (χ1v) is 3.83. The lowest BCUT2D eigenvalue weighted by Gasteiger charge is -2.32. The molecular formula is C7H10ClN. The predicted molar refractivity (Wildman–Crippen MR) is 37.2 cm³/mol. The highest BCUT2D eigenvalue weighted by Gasteiger charge is 2.27. The van der Waals surface area contributed by atoms with Crippen LogP contribution in [0.5, 0.6) is 0 Å². The van der Waals surface area contributed by atoms with Gasteiger partial charge in [-0.3, -0.25) is 0 Å². The smallest absolute Gasteiger partial charge is 0.0624 e. The van der Waals surface area contributed by atoms with Crippen molar-refractivity contribution in [1.82, 2.24) is 0 Å². The minimum atomic E-state index is 0.666. The maximum Gasteiger partial charge on any atom is 0.0624 e. The number of hydrogen-bond acceptors (Lipinski definition) is 1. The Morgan fingerprint density at radius 1 is 1.44 bits per heavy atom. The highest BCUT2D eigenvalue weighted by atomic mass is 35.5. The molecule has 0 aromatic heterocycles. The van der Waals surface area contributed by atoms with E-state index in [0.717, 1.165) is 12.3 Å². The summed E-state index contributed by atoms with van der Waals surface area (Å²) in [6.45, 7) is 0. The zero-order valence-electron chi connectivity index (χ0n) is 5.31. The highest BCUT2D eigenvalue weighted by Crippen LogP contribution is 2.36. The third kappa shape index (κ3) is 1.59. The number of alkyl halides is 1. The first-order chi connectivity index (χ1) is 4.36. The molecule has 1 aliphatic carbocycles. The van der Waals surface area contributed by atoms with Gasteiger partial charge in [0.1, 0.15) is 0 Å². The minimum Gasteiger partial charge on any atom is -0.198 e. The zero-order valence-corrected chi connectivity index (χ0v) is 6.06. The molecule has 0 atom stereocenters. The molecule has 0 N–H and O–H groups in total. The van der Waals surface area contributed by atoms with Gasteiger partial charge < -0.3 is 0 Å². The third-order valence-electron chi connectivity index (χ3n) is 1.93. The van der Waals surface area contributed by atoms with Crippen molar-refractivity contribution in [2.45, 2.75) is 19.3 Å². The molecule has 1 saturated carbocycles. The highest BCUT2D eigenvalue weighted by molar-refractivity contribution is 6.18. The number of nitriles is 1. The summed E-state index contributed by atoms with van der Waals surface area (Å²) in [7, 11) is 0. The monoisotopic (exact) mass is 143 g/mol. The summed E-state index contributed by atoms with van der Waals surface area (Å²) in [5.41, 5.74) is 0. The van der Waals surface area contributed by atoms with Gasteiger partial charge in [-0.1, -0.05) is 0 Å². The van der Waals surface area contributed by atoms with E-state index in [1.807, 2.05) is 0 Å². The quantitative estimate of drug-likeness (QED) is 0.544. The van der Waals surface area contributed by atoms with Crippen molar-refractivity contribution in [1.29, 1.82) is 5.26 Å². The van der Waals surface area contributed by atoms with Gasteiger partial charge >= 0.3 is 0 Å². The molecular weight excluding hydrogens is 134 g/mol. The summed E-state index contributed by atoms with van der Waals surface area (Å²) in [5, 5.41) is 8.28. The summed E-state index contributed by atoms with van der Waals surface area (Å²) < 4.78 is 0. The summed E-state index contributed by atoms with van der Waals surface area (Å²) in [6, 6.07) is 2.17. The summed E-state index contributed by atoms with van der Waals surface area (Å²) in [5.74, 6) is 2.16. The Morgan fingerprint density at radius 3 is 2.56 bits per heavy atom. The van der Waals surface area contributed by atoms with E-state index in [-0.39, 0.29) is 0 Å². The van der Waals surface area contributed by atoms with Crippen molar-refractivity contribution in [2.24, 2.45) is 11.8 Å². The van der Waals surface area contributed by atoms with Crippen LogP contribution in [0, 0.1) is 23.2 Å². The molecule has 1 aliphatic rings. The molecule has 0 unspecified atom stereocenters. The number of nitrogens with zero attached hydrogens (tertiary/aromatic N) is 1. The van der Waals surface area contributed by atoms with Gasteiger partial charge in [0.2, 0.25) is 0 Å². The fourth-order valence-electron chi connectivity index (χ4n) is 1.30. The zero-order chi connectivity index (χ0) is 6.69. The second-order valence-electron chi connectivity index (χ2n) is 2.72. The van der Waals surface area contributed by atoms with Crippen molar-refractivity contribution in [3.8, 4) is 6.07 Å². The van der Waals surface area contributed by atoms with Crippen LogP contribution < -0.4 is 0 Å². The molecule has 0 bridgehead atoms. The largest absolute Gasteiger partial charge is 0.198 e. The maximum atomic E-state index is 8.28. The average molecular weight is 144 g/mol. The SMILES string of the molecule is N#CCC1CC(CCl)C1. The van der Waals surface area contributed by atoms with E-state index < -0.39 is 0 Å². The standard InChI is InChI=1S/C7H10ClN/c8-5-7-3-6(4-7)1-2-9/h6-7H,1,3-5H2. The predicted octanol–water partition coefficient (Wildman–Crippen LogP) is 2.17. The van der Waals surface area contributed by atoms with Crippen LogP contribution in [0.2, 0.25) is 0 Å². The molecule has 50 valence electrons. The van der Waals surface area contributed by atoms with Crippen molar-refractivity contribution in [2.75, 3.05) is 5.88 Å². The van der Waals surface area contributed by atoms with Crippen molar-refractivity contribution in [3.63, 3.8) is 0 Å². The first kappa shape index (κ1) is 6.89. The Bertz CT molecular complexity index is 121. The lowest BCUT2D eigenvalue weighted by atomic mass is 9.75. The van der Waals surface area contributed by atoms with Gasteiger partial charge in [0.15, 0.2) is 0 Å². The summed E-state index contributed by atoms with van der Waals surface area (Å²) in [6.07, 6.45) is 3.08. The van der Waals surface area contributed by atoms with Gasteiger partial charge in [0.25, 0.3) is 0 Å². The molecule has 9 heavy (non-hydrogen) atoms. The van der Waals surface area contributed by atoms with Crippen LogP contribution >= 0.6 is 11.6 Å². The number of hydrogen-bond donors (Lipinski definition) is 0. The van der Waals surface area contributed by atoms with Crippen molar-refractivity contribution < 1.29 is 0 Å². The topological polar surface area (TPSA) is 23.8 Å². The van der Waals surface area contributed by atoms with Gasteiger partial charge in [-0.25, -0.2) is 0 Å². The van der Waals surface area contributed by atoms with Crippen LogP contribution in [0.3, 0.4) is 0 Å². The molecule has 0 aliphatic heterocycles. The molecule has 2 heteroatoms. The fourth-order valence-corrected chi connectivity index (χ4v) is 1.55. The van der Waals surface area contributed by atoms with Gasteiger partial charge in [-0.2, -0.15) is 5.26 Å². The van der Waals surface area contributed by atoms with Crippen LogP contribution in [0.15, 0.2) is 0 Å². The minimum absolute atomic E-state index is 0.666. The third-order valence-corrected chi connectivity index (χ3v) is 2.37. The molecule has 0 saturated heterocycles. The van der Waals surface area contributed by atoms with Crippen LogP contribution in [0.25, 0.3) is 0 Å². The Labute approximate surface area is 60.6 Å². The van der Waals surface area contributed by atoms with E-state index in [4.69, 9.17) is 16.9 Å². The summed E-state index contributed by atoms with van der Waals surface area (Å²) in [4.78, 5) is 0. The second-order valence-corrected chi connectivity index (χ2v) is 3.03. The first-order valence-electron chi connectivity index (χ1n) is 3.29. The number of rotatable bonds is 2. The molecule has 1 rings (SSSR count). The molecule has 0 aromatic rings. The molecule has 0 aromatic carbocycles. The number of halogens is 1. The fraction of sp³-hybridized carbons (Fsp3) is 0.857. The average Bonchev–Trinajstić information content (AvgIpc) is 1.77. The maximum absolute atomic E-state index is 8.28. The molecule has 1 fully saturated rings. The van der Waals surface area contributed by atoms with Gasteiger partial charge in [-0.05, 0) is 24.7 Å². The summed E-state index contributed by atoms with van der Waals surface area (Å²) >= 11 is 5.59. The Morgan fingerprint density at radius 2 is 2.11 bits per heavy atom. The molecule has 0 spiro atoms. The lowest BCUT2D eigenvalue weighted by molar-refractivity contribution is 0.220. The van der Waals surface area contributed by atoms with Crippen LogP contribution in [0.1, 0.15) is 19.3 Å². The van der Waals surface area contributed by atoms with Crippen molar-refractivity contribution >= 4 is 11.6 Å². The van der Waals surface area contributed by atoms with E-state index in [2.05, 4.69) is 6.07 Å². The van der Waals surface area contributed by atoms with Crippen LogP contribution in [-0.4, -0.2) is 5.88 Å². The van der Waals surface area contributed by atoms with Crippen molar-refractivity contribution in [3.05, 3.63) is 0 Å². The Hall–Kier alpha value is -0.220. The molecule has 1 nitrogen and oxygen atoms in total. The lowest BCUT2D eigenvalue weighted by Crippen LogP contribution is -2.24. The van der Waals surface area contributed by atoms with Gasteiger partial charge in [-0.15, -0.1) is 11.6 Å². The van der Waals surface area contributed by atoms with Gasteiger partial charge in [0.05, 0.1) is 6.07 Å². The van der Waals surface area contributed by atoms with E-state index in [1.54, 1.807) is 0 Å².